The maximum Gasteiger partial charge on any atom is 0.310 e. The van der Waals surface area contributed by atoms with Gasteiger partial charge in [0.25, 0.3) is 5.91 Å². The molecule has 0 spiro atoms. The number of amides is 1. The van der Waals surface area contributed by atoms with E-state index in [-0.39, 0.29) is 37.7 Å². The van der Waals surface area contributed by atoms with Crippen molar-refractivity contribution in [1.29, 1.82) is 0 Å². The van der Waals surface area contributed by atoms with Gasteiger partial charge in [0.1, 0.15) is 5.69 Å². The number of hydrogen-bond acceptors (Lipinski definition) is 10. The molecule has 1 fully saturated rings. The molecule has 3 aliphatic rings. The van der Waals surface area contributed by atoms with E-state index in [4.69, 9.17) is 40.0 Å². The SMILES string of the molecule is COc1cc([C@@H]2c3cc4c(cc3[C@H](n3cc(CNC(=O)c5ccc(Cl)cc5)nn3)[C@H]3COC(=O)[C@H]23)OCO4)cc(OC)c1OC. The summed E-state index contributed by atoms with van der Waals surface area (Å²) in [7, 11) is 4.65. The number of ether oxygens (including phenoxy) is 6. The van der Waals surface area contributed by atoms with E-state index in [1.807, 2.05) is 24.3 Å². The summed E-state index contributed by atoms with van der Waals surface area (Å²) in [5.41, 5.74) is 3.56. The van der Waals surface area contributed by atoms with Gasteiger partial charge in [0.15, 0.2) is 23.0 Å². The smallest absolute Gasteiger partial charge is 0.310 e. The molecule has 45 heavy (non-hydrogen) atoms. The number of carbonyl (C=O) groups excluding carboxylic acids is 2. The minimum absolute atomic E-state index is 0.0907. The molecule has 12 nitrogen and oxygen atoms in total. The predicted molar refractivity (Wildman–Crippen MR) is 159 cm³/mol. The first-order valence-corrected chi connectivity index (χ1v) is 14.6. The van der Waals surface area contributed by atoms with Crippen LogP contribution in [0.4, 0.5) is 0 Å². The second kappa shape index (κ2) is 11.5. The van der Waals surface area contributed by atoms with Crippen LogP contribution in [0.3, 0.4) is 0 Å². The molecule has 1 saturated heterocycles. The Bertz CT molecular complexity index is 1770. The van der Waals surface area contributed by atoms with E-state index < -0.39 is 17.9 Å². The third-order valence-electron chi connectivity index (χ3n) is 8.57. The lowest BCUT2D eigenvalue weighted by Crippen LogP contribution is -2.37. The molecule has 4 atom stereocenters. The summed E-state index contributed by atoms with van der Waals surface area (Å²) in [6.07, 6.45) is 1.78. The van der Waals surface area contributed by atoms with Crippen molar-refractivity contribution in [1.82, 2.24) is 20.3 Å². The minimum Gasteiger partial charge on any atom is -0.493 e. The van der Waals surface area contributed by atoms with Crippen molar-refractivity contribution < 1.29 is 38.0 Å². The standard InChI is InChI=1S/C32H29ClN4O8/c1-40-25-8-17(9-26(41-2)30(25)42-3)27-20-10-23-24(45-15-44-23)11-21(20)29(22-14-43-32(39)28(22)27)37-13-19(35-36-37)12-34-31(38)16-4-6-18(33)7-5-16/h4-11,13,22,27-29H,12,14-15H2,1-3H3,(H,34,38)/t22-,27+,28-,29-/m0/s1. The van der Waals surface area contributed by atoms with Gasteiger partial charge in [-0.15, -0.1) is 5.10 Å². The number of halogens is 1. The van der Waals surface area contributed by atoms with E-state index in [9.17, 15) is 9.59 Å². The van der Waals surface area contributed by atoms with Crippen molar-refractivity contribution in [2.45, 2.75) is 18.5 Å². The molecular formula is C32H29ClN4O8. The lowest BCUT2D eigenvalue weighted by atomic mass is 9.65. The summed E-state index contributed by atoms with van der Waals surface area (Å²) < 4.78 is 35.8. The number of fused-ring (bicyclic) bond motifs is 3. The van der Waals surface area contributed by atoms with Gasteiger partial charge in [-0.3, -0.25) is 9.59 Å². The van der Waals surface area contributed by atoms with Crippen LogP contribution in [0, 0.1) is 11.8 Å². The third kappa shape index (κ3) is 4.95. The number of esters is 1. The van der Waals surface area contributed by atoms with Crippen LogP contribution in [-0.4, -0.2) is 61.6 Å². The summed E-state index contributed by atoms with van der Waals surface area (Å²) in [4.78, 5) is 26.2. The van der Waals surface area contributed by atoms with Crippen LogP contribution >= 0.6 is 11.6 Å². The van der Waals surface area contributed by atoms with Crippen LogP contribution in [0.25, 0.3) is 0 Å². The van der Waals surface area contributed by atoms with Gasteiger partial charge in [-0.05, 0) is 65.2 Å². The molecular weight excluding hydrogens is 604 g/mol. The fourth-order valence-electron chi connectivity index (χ4n) is 6.56. The average molecular weight is 633 g/mol. The number of nitrogens with zero attached hydrogens (tertiary/aromatic N) is 3. The Hall–Kier alpha value is -4.97. The van der Waals surface area contributed by atoms with Crippen LogP contribution in [0.15, 0.2) is 54.7 Å². The molecule has 3 heterocycles. The molecule has 4 aromatic rings. The minimum atomic E-state index is -0.567. The number of methoxy groups -OCH3 is 3. The van der Waals surface area contributed by atoms with Crippen LogP contribution in [0.2, 0.25) is 5.02 Å². The lowest BCUT2D eigenvalue weighted by molar-refractivity contribution is -0.141. The summed E-state index contributed by atoms with van der Waals surface area (Å²) in [5, 5.41) is 12.2. The molecule has 0 radical (unpaired) electrons. The molecule has 232 valence electrons. The lowest BCUT2D eigenvalue weighted by Gasteiger charge is -2.39. The molecule has 1 N–H and O–H groups in total. The quantitative estimate of drug-likeness (QED) is 0.283. The summed E-state index contributed by atoms with van der Waals surface area (Å²) in [5.74, 6) is 0.702. The number of nitrogens with one attached hydrogen (secondary N) is 1. The van der Waals surface area contributed by atoms with Crippen molar-refractivity contribution in [3.05, 3.63) is 87.7 Å². The molecule has 0 bridgehead atoms. The Morgan fingerprint density at radius 1 is 0.978 bits per heavy atom. The molecule has 13 heteroatoms. The van der Waals surface area contributed by atoms with E-state index in [1.165, 1.54) is 0 Å². The zero-order chi connectivity index (χ0) is 31.2. The first-order chi connectivity index (χ1) is 21.9. The van der Waals surface area contributed by atoms with Gasteiger partial charge in [0.05, 0.1) is 52.6 Å². The second-order valence-electron chi connectivity index (χ2n) is 10.9. The van der Waals surface area contributed by atoms with Gasteiger partial charge < -0.3 is 33.7 Å². The van der Waals surface area contributed by atoms with Crippen molar-refractivity contribution in [2.75, 3.05) is 34.7 Å². The highest BCUT2D eigenvalue weighted by Gasteiger charge is 2.53. The van der Waals surface area contributed by atoms with Crippen LogP contribution in [0.5, 0.6) is 28.7 Å². The van der Waals surface area contributed by atoms with Gasteiger partial charge in [0.2, 0.25) is 12.5 Å². The number of benzene rings is 3. The van der Waals surface area contributed by atoms with Crippen molar-refractivity contribution in [3.8, 4) is 28.7 Å². The molecule has 0 unspecified atom stereocenters. The Balaban J connectivity index is 1.29. The molecule has 3 aromatic carbocycles. The molecule has 2 aliphatic heterocycles. The normalized spacial score (nSPS) is 21.0. The highest BCUT2D eigenvalue weighted by atomic mass is 35.5. The number of cyclic esters (lactones) is 1. The summed E-state index contributed by atoms with van der Waals surface area (Å²) >= 11 is 5.95. The zero-order valence-electron chi connectivity index (χ0n) is 24.6. The number of carbonyl (C=O) groups is 2. The second-order valence-corrected chi connectivity index (χ2v) is 11.4. The van der Waals surface area contributed by atoms with E-state index in [0.29, 0.717) is 45.0 Å². The molecule has 1 amide bonds. The first kappa shape index (κ1) is 28.8. The van der Waals surface area contributed by atoms with Gasteiger partial charge in [-0.2, -0.15) is 0 Å². The van der Waals surface area contributed by atoms with E-state index >= 15 is 0 Å². The van der Waals surface area contributed by atoms with Gasteiger partial charge in [-0.1, -0.05) is 16.8 Å². The van der Waals surface area contributed by atoms with Crippen LogP contribution in [-0.2, 0) is 16.1 Å². The predicted octanol–water partition coefficient (Wildman–Crippen LogP) is 4.14. The fourth-order valence-corrected chi connectivity index (χ4v) is 6.68. The van der Waals surface area contributed by atoms with Crippen LogP contribution in [0.1, 0.15) is 44.7 Å². The van der Waals surface area contributed by atoms with Crippen molar-refractivity contribution in [3.63, 3.8) is 0 Å². The maximum atomic E-state index is 13.5. The molecule has 1 aliphatic carbocycles. The molecule has 0 saturated carbocycles. The average Bonchev–Trinajstić information content (AvgIpc) is 3.81. The van der Waals surface area contributed by atoms with Crippen molar-refractivity contribution >= 4 is 23.5 Å². The first-order valence-electron chi connectivity index (χ1n) is 14.2. The van der Waals surface area contributed by atoms with E-state index in [0.717, 1.165) is 16.7 Å². The number of aromatic nitrogens is 3. The fraction of sp³-hybridized carbons (Fsp3) is 0.312. The Kier molecular flexibility index (Phi) is 7.36. The van der Waals surface area contributed by atoms with Gasteiger partial charge >= 0.3 is 5.97 Å². The topological polar surface area (TPSA) is 132 Å². The van der Waals surface area contributed by atoms with E-state index in [2.05, 4.69) is 15.6 Å². The zero-order valence-corrected chi connectivity index (χ0v) is 25.4. The molecule has 7 rings (SSSR count). The Labute approximate surface area is 263 Å². The highest BCUT2D eigenvalue weighted by Crippen LogP contribution is 2.56. The van der Waals surface area contributed by atoms with Crippen molar-refractivity contribution in [2.24, 2.45) is 11.8 Å². The Morgan fingerprint density at radius 3 is 2.33 bits per heavy atom. The monoisotopic (exact) mass is 632 g/mol. The highest BCUT2D eigenvalue weighted by molar-refractivity contribution is 6.30. The largest absolute Gasteiger partial charge is 0.493 e. The van der Waals surface area contributed by atoms with E-state index in [1.54, 1.807) is 56.5 Å². The van der Waals surface area contributed by atoms with Gasteiger partial charge in [-0.25, -0.2) is 4.68 Å². The molecule has 1 aromatic heterocycles. The number of rotatable bonds is 8. The number of hydrogen-bond donors (Lipinski definition) is 1. The van der Waals surface area contributed by atoms with Crippen LogP contribution < -0.4 is 29.0 Å². The third-order valence-corrected chi connectivity index (χ3v) is 8.83. The summed E-state index contributed by atoms with van der Waals surface area (Å²) in [6.45, 7) is 0.429. The Morgan fingerprint density at radius 2 is 1.67 bits per heavy atom. The maximum absolute atomic E-state index is 13.5. The summed E-state index contributed by atoms with van der Waals surface area (Å²) in [6, 6.07) is 13.8. The van der Waals surface area contributed by atoms with Gasteiger partial charge in [0, 0.05) is 22.4 Å².